The third-order valence-electron chi connectivity index (χ3n) is 2.81. The van der Waals surface area contributed by atoms with Crippen LogP contribution in [0.3, 0.4) is 0 Å². The summed E-state index contributed by atoms with van der Waals surface area (Å²) >= 11 is 0. The summed E-state index contributed by atoms with van der Waals surface area (Å²) in [5.41, 5.74) is 1.88. The fourth-order valence-electron chi connectivity index (χ4n) is 1.84. The summed E-state index contributed by atoms with van der Waals surface area (Å²) in [5, 5.41) is 8.55. The van der Waals surface area contributed by atoms with E-state index in [0.29, 0.717) is 19.0 Å². The van der Waals surface area contributed by atoms with E-state index in [0.717, 1.165) is 16.9 Å². The van der Waals surface area contributed by atoms with Gasteiger partial charge in [-0.2, -0.15) is 0 Å². The highest BCUT2D eigenvalue weighted by Gasteiger charge is 2.06. The molecule has 1 N–H and O–H groups in total. The van der Waals surface area contributed by atoms with Crippen LogP contribution >= 0.6 is 0 Å². The molecule has 0 aliphatic heterocycles. The molecule has 4 heteroatoms. The van der Waals surface area contributed by atoms with Gasteiger partial charge < -0.3 is 9.47 Å². The van der Waals surface area contributed by atoms with Crippen LogP contribution in [0.25, 0.3) is 0 Å². The Bertz CT molecular complexity index is 525. The van der Waals surface area contributed by atoms with Gasteiger partial charge in [0.2, 0.25) is 0 Å². The van der Waals surface area contributed by atoms with Crippen molar-refractivity contribution >= 4 is 0 Å². The number of rotatable bonds is 7. The molecule has 0 aliphatic rings. The Hall–Kier alpha value is -2.04. The van der Waals surface area contributed by atoms with Crippen molar-refractivity contribution in [3.05, 3.63) is 59.7 Å². The number of benzene rings is 2. The van der Waals surface area contributed by atoms with E-state index < -0.39 is 0 Å². The topological polar surface area (TPSA) is 47.9 Å². The van der Waals surface area contributed by atoms with Gasteiger partial charge in [-0.3, -0.25) is 5.26 Å². The number of hydrogen-bond acceptors (Lipinski definition) is 4. The molecular weight excluding hydrogens is 256 g/mol. The number of hydrogen-bond donors (Lipinski definition) is 1. The lowest BCUT2D eigenvalue weighted by Gasteiger charge is -2.12. The maximum atomic E-state index is 8.55. The van der Waals surface area contributed by atoms with Crippen molar-refractivity contribution in [3.63, 3.8) is 0 Å². The second-order valence-electron chi connectivity index (χ2n) is 4.25. The molecule has 2 aromatic carbocycles. The summed E-state index contributed by atoms with van der Waals surface area (Å²) in [6.45, 7) is 3.04. The molecule has 0 saturated heterocycles. The van der Waals surface area contributed by atoms with Crippen LogP contribution in [0.2, 0.25) is 0 Å². The van der Waals surface area contributed by atoms with Crippen LogP contribution in [0.15, 0.2) is 48.5 Å². The van der Waals surface area contributed by atoms with Crippen molar-refractivity contribution in [2.45, 2.75) is 20.1 Å². The first-order valence-corrected chi connectivity index (χ1v) is 6.52. The van der Waals surface area contributed by atoms with Gasteiger partial charge in [0, 0.05) is 11.6 Å². The minimum atomic E-state index is 0.0916. The summed E-state index contributed by atoms with van der Waals surface area (Å²) in [6, 6.07) is 15.4. The van der Waals surface area contributed by atoms with E-state index in [1.54, 1.807) is 6.07 Å². The summed E-state index contributed by atoms with van der Waals surface area (Å²) in [6.07, 6.45) is 0. The zero-order valence-electron chi connectivity index (χ0n) is 11.4. The molecule has 0 aromatic heterocycles. The average molecular weight is 274 g/mol. The van der Waals surface area contributed by atoms with Crippen LogP contribution in [-0.2, 0) is 18.1 Å². The SMILES string of the molecule is CCOc1cc(OCc2ccccc2)ccc1COO. The molecule has 0 bridgehead atoms. The second-order valence-corrected chi connectivity index (χ2v) is 4.25. The molecule has 0 amide bonds. The molecule has 0 fully saturated rings. The fourth-order valence-corrected chi connectivity index (χ4v) is 1.84. The van der Waals surface area contributed by atoms with Crippen LogP contribution in [0, 0.1) is 0 Å². The Labute approximate surface area is 118 Å². The highest BCUT2D eigenvalue weighted by atomic mass is 17.1. The van der Waals surface area contributed by atoms with E-state index in [4.69, 9.17) is 14.7 Å². The van der Waals surface area contributed by atoms with Crippen molar-refractivity contribution in [1.29, 1.82) is 0 Å². The summed E-state index contributed by atoms with van der Waals surface area (Å²) in [4.78, 5) is 4.16. The molecule has 0 aliphatic carbocycles. The summed E-state index contributed by atoms with van der Waals surface area (Å²) in [5.74, 6) is 1.38. The highest BCUT2D eigenvalue weighted by Crippen LogP contribution is 2.26. The molecule has 0 spiro atoms. The smallest absolute Gasteiger partial charge is 0.128 e. The quantitative estimate of drug-likeness (QED) is 0.618. The maximum absolute atomic E-state index is 8.55. The Morgan fingerprint density at radius 1 is 0.950 bits per heavy atom. The van der Waals surface area contributed by atoms with Crippen LogP contribution in [0.1, 0.15) is 18.1 Å². The largest absolute Gasteiger partial charge is 0.493 e. The van der Waals surface area contributed by atoms with Gasteiger partial charge in [-0.1, -0.05) is 30.3 Å². The van der Waals surface area contributed by atoms with Crippen LogP contribution in [-0.4, -0.2) is 11.9 Å². The number of ether oxygens (including phenoxy) is 2. The van der Waals surface area contributed by atoms with Crippen molar-refractivity contribution in [1.82, 2.24) is 0 Å². The van der Waals surface area contributed by atoms with Gasteiger partial charge in [0.15, 0.2) is 0 Å². The first-order chi connectivity index (χ1) is 9.83. The minimum absolute atomic E-state index is 0.0916. The minimum Gasteiger partial charge on any atom is -0.493 e. The summed E-state index contributed by atoms with van der Waals surface area (Å²) < 4.78 is 11.2. The molecule has 4 nitrogen and oxygen atoms in total. The van der Waals surface area contributed by atoms with E-state index in [1.807, 2.05) is 49.4 Å². The molecule has 0 saturated carbocycles. The molecule has 0 radical (unpaired) electrons. The van der Waals surface area contributed by atoms with Crippen molar-refractivity contribution in [2.24, 2.45) is 0 Å². The lowest BCUT2D eigenvalue weighted by Crippen LogP contribution is -2.00. The third kappa shape index (κ3) is 3.98. The second kappa shape index (κ2) is 7.53. The van der Waals surface area contributed by atoms with Gasteiger partial charge in [0.25, 0.3) is 0 Å². The van der Waals surface area contributed by atoms with Crippen molar-refractivity contribution < 1.29 is 19.6 Å². The van der Waals surface area contributed by atoms with Gasteiger partial charge in [-0.15, -0.1) is 0 Å². The zero-order valence-corrected chi connectivity index (χ0v) is 11.4. The fraction of sp³-hybridized carbons (Fsp3) is 0.250. The van der Waals surface area contributed by atoms with Gasteiger partial charge in [-0.25, -0.2) is 4.89 Å². The standard InChI is InChI=1S/C16H18O4/c1-2-18-16-10-15(9-8-14(16)12-20-17)19-11-13-6-4-3-5-7-13/h3-10,17H,2,11-12H2,1H3. The van der Waals surface area contributed by atoms with E-state index in [2.05, 4.69) is 4.89 Å². The van der Waals surface area contributed by atoms with Gasteiger partial charge in [-0.05, 0) is 24.6 Å². The van der Waals surface area contributed by atoms with Gasteiger partial charge in [0.1, 0.15) is 24.7 Å². The van der Waals surface area contributed by atoms with E-state index in [9.17, 15) is 0 Å². The first kappa shape index (κ1) is 14.4. The molecule has 0 atom stereocenters. The zero-order chi connectivity index (χ0) is 14.2. The predicted octanol–water partition coefficient (Wildman–Crippen LogP) is 3.65. The van der Waals surface area contributed by atoms with Gasteiger partial charge >= 0.3 is 0 Å². The van der Waals surface area contributed by atoms with E-state index >= 15 is 0 Å². The average Bonchev–Trinajstić information content (AvgIpc) is 2.49. The Morgan fingerprint density at radius 2 is 1.75 bits per heavy atom. The molecule has 0 heterocycles. The third-order valence-corrected chi connectivity index (χ3v) is 2.81. The van der Waals surface area contributed by atoms with Crippen molar-refractivity contribution in [2.75, 3.05) is 6.61 Å². The van der Waals surface area contributed by atoms with Crippen LogP contribution in [0.5, 0.6) is 11.5 Å². The predicted molar refractivity (Wildman–Crippen MR) is 75.8 cm³/mol. The Morgan fingerprint density at radius 3 is 2.45 bits per heavy atom. The molecule has 20 heavy (non-hydrogen) atoms. The van der Waals surface area contributed by atoms with Crippen LogP contribution < -0.4 is 9.47 Å². The molecule has 2 aromatic rings. The monoisotopic (exact) mass is 274 g/mol. The van der Waals surface area contributed by atoms with Crippen molar-refractivity contribution in [3.8, 4) is 11.5 Å². The van der Waals surface area contributed by atoms with E-state index in [-0.39, 0.29) is 6.61 Å². The molecule has 2 rings (SSSR count). The lowest BCUT2D eigenvalue weighted by atomic mass is 10.2. The first-order valence-electron chi connectivity index (χ1n) is 6.52. The maximum Gasteiger partial charge on any atom is 0.128 e. The summed E-state index contributed by atoms with van der Waals surface area (Å²) in [7, 11) is 0. The highest BCUT2D eigenvalue weighted by molar-refractivity contribution is 5.40. The Kier molecular flexibility index (Phi) is 5.41. The van der Waals surface area contributed by atoms with E-state index in [1.165, 1.54) is 0 Å². The van der Waals surface area contributed by atoms with Crippen LogP contribution in [0.4, 0.5) is 0 Å². The lowest BCUT2D eigenvalue weighted by molar-refractivity contribution is -0.253. The Balaban J connectivity index is 2.06. The molecular formula is C16H18O4. The molecule has 0 unspecified atom stereocenters. The molecule has 106 valence electrons. The van der Waals surface area contributed by atoms with Gasteiger partial charge in [0.05, 0.1) is 6.61 Å². The normalized spacial score (nSPS) is 10.3.